The predicted octanol–water partition coefficient (Wildman–Crippen LogP) is 6.23. The first-order chi connectivity index (χ1) is 24.3. The molecule has 52 heavy (non-hydrogen) atoms. The van der Waals surface area contributed by atoms with Gasteiger partial charge in [-0.1, -0.05) is 49.6 Å². The van der Waals surface area contributed by atoms with Gasteiger partial charge >= 0.3 is 24.1 Å². The van der Waals surface area contributed by atoms with Crippen LogP contribution in [0.25, 0.3) is 5.57 Å². The van der Waals surface area contributed by atoms with Gasteiger partial charge in [0.2, 0.25) is 0 Å². The first-order valence-electron chi connectivity index (χ1n) is 17.9. The first kappa shape index (κ1) is 38.5. The van der Waals surface area contributed by atoms with Crippen LogP contribution in [-0.4, -0.2) is 94.1 Å². The maximum Gasteiger partial charge on any atom is 0.411 e. The Morgan fingerprint density at radius 3 is 1.58 bits per heavy atom. The number of allylic oxidation sites excluding steroid dienone is 3. The van der Waals surface area contributed by atoms with Gasteiger partial charge in [-0.25, -0.2) is 19.2 Å². The van der Waals surface area contributed by atoms with Gasteiger partial charge in [-0.05, 0) is 103 Å². The molecule has 4 bridgehead atoms. The van der Waals surface area contributed by atoms with E-state index in [1.165, 1.54) is 15.9 Å². The number of rotatable bonds is 11. The molecule has 2 amide bonds. The Balaban J connectivity index is 1.09. The first-order valence-corrected chi connectivity index (χ1v) is 17.9. The Kier molecular flexibility index (Phi) is 11.2. The lowest BCUT2D eigenvalue weighted by molar-refractivity contribution is -0.154. The summed E-state index contributed by atoms with van der Waals surface area (Å²) in [5.74, 6) is -2.21. The molecule has 5 rings (SSSR count). The summed E-state index contributed by atoms with van der Waals surface area (Å²) >= 11 is 0. The van der Waals surface area contributed by atoms with Crippen molar-refractivity contribution in [2.75, 3.05) is 13.2 Å². The molecule has 1 aromatic rings. The molecule has 2 heterocycles. The van der Waals surface area contributed by atoms with Crippen LogP contribution < -0.4 is 0 Å². The van der Waals surface area contributed by atoms with Crippen molar-refractivity contribution in [1.82, 2.24) is 9.80 Å². The number of hydrogen-bond donors (Lipinski definition) is 0. The van der Waals surface area contributed by atoms with Crippen LogP contribution in [0.2, 0.25) is 0 Å². The number of ether oxygens (including phenoxy) is 4. The van der Waals surface area contributed by atoms with Gasteiger partial charge in [0.1, 0.15) is 23.3 Å². The third-order valence-corrected chi connectivity index (χ3v) is 9.97. The molecule has 0 spiro atoms. The molecule has 12 nitrogen and oxygen atoms in total. The summed E-state index contributed by atoms with van der Waals surface area (Å²) in [6, 6.07) is 4.81. The van der Waals surface area contributed by atoms with Gasteiger partial charge in [-0.2, -0.15) is 0 Å². The van der Waals surface area contributed by atoms with E-state index in [1.807, 2.05) is 0 Å². The summed E-state index contributed by atoms with van der Waals surface area (Å²) in [4.78, 5) is 80.5. The molecule has 4 unspecified atom stereocenters. The lowest BCUT2D eigenvalue weighted by Gasteiger charge is -2.35. The smallest absolute Gasteiger partial charge is 0.411 e. The van der Waals surface area contributed by atoms with Crippen LogP contribution in [0.5, 0.6) is 0 Å². The van der Waals surface area contributed by atoms with Gasteiger partial charge in [0.05, 0.1) is 0 Å². The van der Waals surface area contributed by atoms with Crippen LogP contribution in [0.3, 0.4) is 0 Å². The zero-order valence-corrected chi connectivity index (χ0v) is 31.0. The molecule has 280 valence electrons. The number of fused-ring (bicyclic) bond motifs is 4. The van der Waals surface area contributed by atoms with E-state index in [0.717, 1.165) is 25.7 Å². The van der Waals surface area contributed by atoms with Crippen molar-refractivity contribution in [2.45, 2.75) is 115 Å². The lowest BCUT2D eigenvalue weighted by atomic mass is 9.99. The summed E-state index contributed by atoms with van der Waals surface area (Å²) in [5.41, 5.74) is 0.211. The highest BCUT2D eigenvalue weighted by atomic mass is 16.6. The predicted molar refractivity (Wildman–Crippen MR) is 191 cm³/mol. The van der Waals surface area contributed by atoms with E-state index >= 15 is 0 Å². The van der Waals surface area contributed by atoms with Gasteiger partial charge in [-0.3, -0.25) is 19.4 Å². The molecule has 0 aromatic heterocycles. The molecule has 12 heteroatoms. The van der Waals surface area contributed by atoms with Crippen molar-refractivity contribution in [3.63, 3.8) is 0 Å². The fourth-order valence-electron chi connectivity index (χ4n) is 7.62. The normalized spacial score (nSPS) is 24.9. The van der Waals surface area contributed by atoms with E-state index < -0.39 is 72.2 Å². The Labute approximate surface area is 305 Å². The largest absolute Gasteiger partial charge is 0.456 e. The minimum Gasteiger partial charge on any atom is -0.456 e. The van der Waals surface area contributed by atoms with Gasteiger partial charge in [-0.15, -0.1) is 0 Å². The van der Waals surface area contributed by atoms with Crippen LogP contribution in [0, 0.1) is 11.8 Å². The zero-order chi connectivity index (χ0) is 38.1. The van der Waals surface area contributed by atoms with Gasteiger partial charge in [0.15, 0.2) is 24.8 Å². The van der Waals surface area contributed by atoms with E-state index in [-0.39, 0.29) is 29.5 Å². The second kappa shape index (κ2) is 15.1. The number of piperidine rings is 2. The second-order valence-electron chi connectivity index (χ2n) is 16.1. The highest BCUT2D eigenvalue weighted by Gasteiger charge is 2.54. The number of carbonyl (C=O) groups is 6. The van der Waals surface area contributed by atoms with Crippen LogP contribution in [0.1, 0.15) is 96.0 Å². The van der Waals surface area contributed by atoms with Gasteiger partial charge < -0.3 is 18.9 Å². The molecule has 0 N–H and O–H groups in total. The molecule has 2 aliphatic carbocycles. The number of esters is 2. The number of carbonyl (C=O) groups excluding carboxylic acids is 6. The average molecular weight is 719 g/mol. The van der Waals surface area contributed by atoms with Crippen molar-refractivity contribution in [2.24, 2.45) is 11.8 Å². The topological polar surface area (TPSA) is 146 Å². The maximum atomic E-state index is 13.1. The molecular weight excluding hydrogens is 668 g/mol. The maximum absolute atomic E-state index is 13.1. The van der Waals surface area contributed by atoms with Crippen LogP contribution in [-0.2, 0) is 33.3 Å². The molecule has 2 saturated carbocycles. The van der Waals surface area contributed by atoms with E-state index in [0.29, 0.717) is 29.5 Å². The molecule has 2 aliphatic heterocycles. The van der Waals surface area contributed by atoms with Gasteiger partial charge in [0, 0.05) is 23.2 Å². The third kappa shape index (κ3) is 8.82. The number of nitrogens with zero attached hydrogens (tertiary/aromatic N) is 2. The minimum absolute atomic E-state index is 0.0244. The van der Waals surface area contributed by atoms with Gasteiger partial charge in [0.25, 0.3) is 0 Å². The molecule has 6 atom stereocenters. The fourth-order valence-corrected chi connectivity index (χ4v) is 7.62. The monoisotopic (exact) mass is 718 g/mol. The fraction of sp³-hybridized carbons (Fsp3) is 0.550. The summed E-state index contributed by atoms with van der Waals surface area (Å²) in [6.45, 7) is 17.4. The van der Waals surface area contributed by atoms with Crippen LogP contribution >= 0.6 is 0 Å². The second-order valence-corrected chi connectivity index (χ2v) is 16.1. The molecule has 2 saturated heterocycles. The zero-order valence-electron chi connectivity index (χ0n) is 31.0. The van der Waals surface area contributed by atoms with E-state index in [4.69, 9.17) is 18.9 Å². The Morgan fingerprint density at radius 2 is 1.12 bits per heavy atom. The number of Topliss-reactive ketones (excluding diaryl/α,β-unsaturated/α-hetero) is 2. The number of hydrogen-bond acceptors (Lipinski definition) is 10. The number of benzene rings is 1. The Bertz CT molecular complexity index is 1660. The SMILES string of the molecule is C=C(/C=C\C(=C)c1ccc(C(=O)COC(=O)[C@@H]2C3CCC(C3)N2C(=O)OC(C)(C)C)cc1)C(=O)COC(=O)[C@@H]1C2CCC(C2)N1C(=O)OC(C)(C)C. The highest BCUT2D eigenvalue weighted by Crippen LogP contribution is 2.44. The number of likely N-dealkylation sites (tertiary alicyclic amines) is 2. The summed E-state index contributed by atoms with van der Waals surface area (Å²) in [7, 11) is 0. The lowest BCUT2D eigenvalue weighted by Crippen LogP contribution is -2.51. The summed E-state index contributed by atoms with van der Waals surface area (Å²) < 4.78 is 21.8. The quantitative estimate of drug-likeness (QED) is 0.0849. The molecule has 0 radical (unpaired) electrons. The van der Waals surface area contributed by atoms with Crippen LogP contribution in [0.4, 0.5) is 9.59 Å². The van der Waals surface area contributed by atoms with Crippen molar-refractivity contribution in [1.29, 1.82) is 0 Å². The average Bonchev–Trinajstić information content (AvgIpc) is 3.88. The highest BCUT2D eigenvalue weighted by molar-refractivity contribution is 6.00. The Morgan fingerprint density at radius 1 is 0.673 bits per heavy atom. The van der Waals surface area contributed by atoms with E-state index in [1.54, 1.807) is 71.9 Å². The van der Waals surface area contributed by atoms with Crippen LogP contribution in [0.15, 0.2) is 55.1 Å². The van der Waals surface area contributed by atoms with E-state index in [2.05, 4.69) is 13.2 Å². The van der Waals surface area contributed by atoms with Crippen molar-refractivity contribution in [3.05, 3.63) is 66.3 Å². The van der Waals surface area contributed by atoms with Crippen molar-refractivity contribution < 1.29 is 47.7 Å². The Hall–Kier alpha value is -4.74. The summed E-state index contributed by atoms with van der Waals surface area (Å²) in [6.07, 6.45) is 6.57. The minimum atomic E-state index is -0.788. The molecule has 4 fully saturated rings. The molecule has 4 aliphatic rings. The van der Waals surface area contributed by atoms with Crippen molar-refractivity contribution in [3.8, 4) is 0 Å². The summed E-state index contributed by atoms with van der Waals surface area (Å²) in [5, 5.41) is 0. The number of amides is 2. The molecular formula is C40H50N2O10. The van der Waals surface area contributed by atoms with E-state index in [9.17, 15) is 28.8 Å². The molecule has 1 aromatic carbocycles. The van der Waals surface area contributed by atoms with Crippen molar-refractivity contribution >= 4 is 41.3 Å². The number of ketones is 2. The standard InChI is InChI=1S/C40H50N2O10/c1-23(9-10-24(2)31(43)21-49-35(45)33-27-15-17-29(19-27)41(33)37(47)51-39(3,4)5)25-11-13-26(14-12-25)32(44)22-50-36(46)34-28-16-18-30(20-28)42(34)38(48)52-40(6,7)8/h9-14,27-30,33-34H,1-2,15-22H2,3-8H3/b10-9-/t27?,28?,29?,30?,33-,34-/m0/s1. The third-order valence-electron chi connectivity index (χ3n) is 9.97.